The molecule has 0 spiro atoms. The lowest BCUT2D eigenvalue weighted by Crippen LogP contribution is -2.36. The molecule has 0 bridgehead atoms. The van der Waals surface area contributed by atoms with Crippen LogP contribution in [-0.2, 0) is 11.3 Å². The van der Waals surface area contributed by atoms with Crippen LogP contribution < -0.4 is 10.6 Å². The SMILES string of the molecule is c1csc(-c2csc3nc(CN4CCOCC4)nc(NCCNc4cnccn4)c23)c1. The van der Waals surface area contributed by atoms with E-state index in [9.17, 15) is 0 Å². The quantitative estimate of drug-likeness (QED) is 0.392. The number of hydrogen-bond donors (Lipinski definition) is 2. The molecular weight excluding hydrogens is 430 g/mol. The first-order valence-electron chi connectivity index (χ1n) is 10.2. The second-order valence-corrected chi connectivity index (χ2v) is 8.93. The number of hydrogen-bond acceptors (Lipinski definition) is 10. The normalized spacial score (nSPS) is 14.7. The van der Waals surface area contributed by atoms with Crippen LogP contribution in [-0.4, -0.2) is 64.2 Å². The molecule has 1 aliphatic rings. The molecule has 1 saturated heterocycles. The van der Waals surface area contributed by atoms with Crippen molar-refractivity contribution in [3.63, 3.8) is 0 Å². The molecule has 4 aromatic rings. The van der Waals surface area contributed by atoms with E-state index in [1.165, 1.54) is 10.4 Å². The molecule has 31 heavy (non-hydrogen) atoms. The number of rotatable bonds is 8. The van der Waals surface area contributed by atoms with Gasteiger partial charge in [-0.1, -0.05) is 6.07 Å². The largest absolute Gasteiger partial charge is 0.379 e. The fraction of sp³-hybridized carbons (Fsp3) is 0.333. The molecular formula is C21H23N7OS2. The van der Waals surface area contributed by atoms with Crippen LogP contribution in [0.4, 0.5) is 11.6 Å². The maximum atomic E-state index is 5.47. The highest BCUT2D eigenvalue weighted by atomic mass is 32.1. The number of ether oxygens (including phenoxy) is 1. The number of morpholine rings is 1. The molecule has 5 rings (SSSR count). The van der Waals surface area contributed by atoms with Gasteiger partial charge < -0.3 is 15.4 Å². The van der Waals surface area contributed by atoms with E-state index in [0.717, 1.165) is 60.5 Å². The summed E-state index contributed by atoms with van der Waals surface area (Å²) in [5.74, 6) is 2.50. The highest BCUT2D eigenvalue weighted by molar-refractivity contribution is 7.18. The first-order valence-corrected chi connectivity index (χ1v) is 12.0. The van der Waals surface area contributed by atoms with Crippen molar-refractivity contribution in [3.05, 3.63) is 47.3 Å². The Balaban J connectivity index is 1.38. The predicted octanol–water partition coefficient (Wildman–Crippen LogP) is 3.57. The van der Waals surface area contributed by atoms with Crippen LogP contribution in [0.15, 0.2) is 41.5 Å². The summed E-state index contributed by atoms with van der Waals surface area (Å²) in [5.41, 5.74) is 1.19. The van der Waals surface area contributed by atoms with Gasteiger partial charge in [-0.25, -0.2) is 15.0 Å². The third kappa shape index (κ3) is 4.82. The van der Waals surface area contributed by atoms with Gasteiger partial charge in [-0.05, 0) is 11.4 Å². The number of nitrogens with zero attached hydrogens (tertiary/aromatic N) is 5. The zero-order valence-electron chi connectivity index (χ0n) is 17.0. The van der Waals surface area contributed by atoms with E-state index in [1.807, 2.05) is 0 Å². The molecule has 5 heterocycles. The van der Waals surface area contributed by atoms with Gasteiger partial charge in [-0.15, -0.1) is 22.7 Å². The van der Waals surface area contributed by atoms with E-state index in [1.54, 1.807) is 41.3 Å². The minimum Gasteiger partial charge on any atom is -0.379 e. The zero-order chi connectivity index (χ0) is 20.9. The van der Waals surface area contributed by atoms with Crippen LogP contribution in [0.3, 0.4) is 0 Å². The maximum absolute atomic E-state index is 5.47. The predicted molar refractivity (Wildman–Crippen MR) is 126 cm³/mol. The number of aromatic nitrogens is 4. The average Bonchev–Trinajstić information content (AvgIpc) is 3.48. The summed E-state index contributed by atoms with van der Waals surface area (Å²) in [6, 6.07) is 4.22. The van der Waals surface area contributed by atoms with Crippen molar-refractivity contribution in [2.75, 3.05) is 50.0 Å². The van der Waals surface area contributed by atoms with Crippen LogP contribution in [0.25, 0.3) is 20.7 Å². The summed E-state index contributed by atoms with van der Waals surface area (Å²) < 4.78 is 5.47. The van der Waals surface area contributed by atoms with Crippen molar-refractivity contribution >= 4 is 44.5 Å². The smallest absolute Gasteiger partial charge is 0.146 e. The van der Waals surface area contributed by atoms with Gasteiger partial charge in [0.2, 0.25) is 0 Å². The molecule has 2 N–H and O–H groups in total. The minimum absolute atomic E-state index is 0.708. The molecule has 0 atom stereocenters. The first-order chi connectivity index (χ1) is 15.4. The molecule has 0 amide bonds. The Hall–Kier alpha value is -2.66. The standard InChI is InChI=1S/C21H23N7OS2/c1-2-16(30-11-1)15-14-31-21-19(15)20(25-6-5-24-17-12-22-3-4-23-17)26-18(27-21)13-28-7-9-29-10-8-28/h1-4,11-12,14H,5-10,13H2,(H,23,24)(H,25,26,27). The minimum atomic E-state index is 0.708. The summed E-state index contributed by atoms with van der Waals surface area (Å²) in [7, 11) is 0. The van der Waals surface area contributed by atoms with Crippen molar-refractivity contribution in [1.29, 1.82) is 0 Å². The molecule has 0 radical (unpaired) electrons. The van der Waals surface area contributed by atoms with Gasteiger partial charge in [-0.2, -0.15) is 0 Å². The Morgan fingerprint density at radius 3 is 2.77 bits per heavy atom. The van der Waals surface area contributed by atoms with Crippen molar-refractivity contribution in [1.82, 2.24) is 24.8 Å². The van der Waals surface area contributed by atoms with Gasteiger partial charge in [0.05, 0.1) is 31.3 Å². The maximum Gasteiger partial charge on any atom is 0.146 e. The van der Waals surface area contributed by atoms with E-state index >= 15 is 0 Å². The molecule has 4 aromatic heterocycles. The lowest BCUT2D eigenvalue weighted by Gasteiger charge is -2.25. The highest BCUT2D eigenvalue weighted by Crippen LogP contribution is 2.38. The Morgan fingerprint density at radius 1 is 1.06 bits per heavy atom. The van der Waals surface area contributed by atoms with Crippen LogP contribution in [0.2, 0.25) is 0 Å². The Labute approximate surface area is 188 Å². The van der Waals surface area contributed by atoms with Crippen LogP contribution in [0, 0.1) is 0 Å². The van der Waals surface area contributed by atoms with Gasteiger partial charge in [0, 0.05) is 54.4 Å². The second-order valence-electron chi connectivity index (χ2n) is 7.13. The van der Waals surface area contributed by atoms with Gasteiger partial charge in [0.25, 0.3) is 0 Å². The number of anilines is 2. The molecule has 0 saturated carbocycles. The zero-order valence-corrected chi connectivity index (χ0v) is 18.6. The van der Waals surface area contributed by atoms with Crippen LogP contribution >= 0.6 is 22.7 Å². The summed E-state index contributed by atoms with van der Waals surface area (Å²) in [5, 5.41) is 12.2. The molecule has 8 nitrogen and oxygen atoms in total. The van der Waals surface area contributed by atoms with Crippen molar-refractivity contribution in [2.45, 2.75) is 6.54 Å². The highest BCUT2D eigenvalue weighted by Gasteiger charge is 2.18. The van der Waals surface area contributed by atoms with Gasteiger partial charge in [0.1, 0.15) is 22.3 Å². The number of thiophene rings is 2. The molecule has 0 unspecified atom stereocenters. The van der Waals surface area contributed by atoms with E-state index in [2.05, 4.69) is 48.4 Å². The van der Waals surface area contributed by atoms with E-state index < -0.39 is 0 Å². The van der Waals surface area contributed by atoms with E-state index in [4.69, 9.17) is 14.7 Å². The Kier molecular flexibility index (Phi) is 6.30. The second kappa shape index (κ2) is 9.65. The van der Waals surface area contributed by atoms with Crippen LogP contribution in [0.1, 0.15) is 5.82 Å². The number of nitrogens with one attached hydrogen (secondary N) is 2. The Morgan fingerprint density at radius 2 is 1.97 bits per heavy atom. The van der Waals surface area contributed by atoms with Crippen molar-refractivity contribution in [3.8, 4) is 10.4 Å². The average molecular weight is 454 g/mol. The lowest BCUT2D eigenvalue weighted by molar-refractivity contribution is 0.0331. The monoisotopic (exact) mass is 453 g/mol. The molecule has 0 aromatic carbocycles. The fourth-order valence-corrected chi connectivity index (χ4v) is 5.30. The summed E-state index contributed by atoms with van der Waals surface area (Å²) in [6.45, 7) is 5.51. The van der Waals surface area contributed by atoms with Crippen LogP contribution in [0.5, 0.6) is 0 Å². The molecule has 1 fully saturated rings. The van der Waals surface area contributed by atoms with E-state index in [-0.39, 0.29) is 0 Å². The Bertz CT molecular complexity index is 1110. The van der Waals surface area contributed by atoms with Gasteiger partial charge in [0.15, 0.2) is 0 Å². The third-order valence-corrected chi connectivity index (χ3v) is 6.80. The molecule has 10 heteroatoms. The first kappa shape index (κ1) is 20.3. The number of fused-ring (bicyclic) bond motifs is 1. The molecule has 1 aliphatic heterocycles. The van der Waals surface area contributed by atoms with Gasteiger partial charge >= 0.3 is 0 Å². The lowest BCUT2D eigenvalue weighted by atomic mass is 10.2. The van der Waals surface area contributed by atoms with Gasteiger partial charge in [-0.3, -0.25) is 9.88 Å². The summed E-state index contributed by atoms with van der Waals surface area (Å²) in [4.78, 5) is 22.8. The third-order valence-electron chi connectivity index (χ3n) is 5.02. The topological polar surface area (TPSA) is 88.1 Å². The summed E-state index contributed by atoms with van der Waals surface area (Å²) in [6.07, 6.45) is 5.07. The molecule has 160 valence electrons. The molecule has 0 aliphatic carbocycles. The fourth-order valence-electron chi connectivity index (χ4n) is 3.52. The van der Waals surface area contributed by atoms with E-state index in [0.29, 0.717) is 13.1 Å². The summed E-state index contributed by atoms with van der Waals surface area (Å²) >= 11 is 3.41. The van der Waals surface area contributed by atoms with Crippen molar-refractivity contribution < 1.29 is 4.74 Å². The van der Waals surface area contributed by atoms with Crippen molar-refractivity contribution in [2.24, 2.45) is 0 Å².